The predicted molar refractivity (Wildman–Crippen MR) is 69.5 cm³/mol. The quantitative estimate of drug-likeness (QED) is 0.778. The van der Waals surface area contributed by atoms with Crippen LogP contribution in [0.1, 0.15) is 26.4 Å². The molecule has 0 radical (unpaired) electrons. The number of carbonyl (C=O) groups excluding carboxylic acids is 1. The second kappa shape index (κ2) is 5.49. The molecule has 0 fully saturated rings. The molecule has 1 aromatic carbocycles. The van der Waals surface area contributed by atoms with E-state index in [2.05, 4.69) is 10.3 Å². The second-order valence-electron chi connectivity index (χ2n) is 3.74. The monoisotopic (exact) mass is 278 g/mol. The van der Waals surface area contributed by atoms with Crippen molar-refractivity contribution >= 4 is 23.2 Å². The third kappa shape index (κ3) is 3.29. The van der Waals surface area contributed by atoms with Gasteiger partial charge in [0, 0.05) is 16.6 Å². The summed E-state index contributed by atoms with van der Waals surface area (Å²) in [5, 5.41) is 13.1. The zero-order valence-corrected chi connectivity index (χ0v) is 10.5. The third-order valence-electron chi connectivity index (χ3n) is 2.38. The fraction of sp³-hybridized carbons (Fsp3) is 0.0833. The van der Waals surface area contributed by atoms with Gasteiger partial charge in [0.15, 0.2) is 0 Å². The van der Waals surface area contributed by atoms with Crippen molar-refractivity contribution < 1.29 is 14.7 Å². The number of amides is 1. The molecule has 0 atom stereocenters. The lowest BCUT2D eigenvalue weighted by Crippen LogP contribution is -2.23. The summed E-state index contributed by atoms with van der Waals surface area (Å²) in [6, 6.07) is 5.74. The highest BCUT2D eigenvalue weighted by atomic mass is 32.1. The Morgan fingerprint density at radius 1 is 1.32 bits per heavy atom. The minimum Gasteiger partial charge on any atom is -0.478 e. The lowest BCUT2D eigenvalue weighted by Gasteiger charge is -2.04. The van der Waals surface area contributed by atoms with E-state index in [-0.39, 0.29) is 22.5 Å². The number of carbonyl (C=O) groups is 2. The molecule has 1 amide bonds. The van der Waals surface area contributed by atoms with Gasteiger partial charge in [0.1, 0.15) is 0 Å². The Morgan fingerprint density at radius 2 is 2.05 bits per heavy atom. The van der Waals surface area contributed by atoms with E-state index in [1.165, 1.54) is 24.3 Å². The van der Waals surface area contributed by atoms with Crippen LogP contribution in [-0.2, 0) is 6.54 Å². The lowest BCUT2D eigenvalue weighted by molar-refractivity contribution is 0.0697. The minimum atomic E-state index is -1.09. The molecule has 98 valence electrons. The fourth-order valence-electron chi connectivity index (χ4n) is 1.47. The minimum absolute atomic E-state index is 0.0524. The van der Waals surface area contributed by atoms with E-state index < -0.39 is 11.9 Å². The van der Waals surface area contributed by atoms with Gasteiger partial charge in [-0.2, -0.15) is 0 Å². The van der Waals surface area contributed by atoms with Gasteiger partial charge in [-0.1, -0.05) is 17.4 Å². The van der Waals surface area contributed by atoms with Crippen molar-refractivity contribution in [2.24, 2.45) is 0 Å². The molecule has 1 aromatic heterocycles. The average molecular weight is 278 g/mol. The highest BCUT2D eigenvalue weighted by molar-refractivity contribution is 7.07. The maximum atomic E-state index is 11.8. The van der Waals surface area contributed by atoms with E-state index in [0.29, 0.717) is 5.69 Å². The SMILES string of the molecule is O=C(O)c1cccc(C(=O)NCc2csc(=O)[nH]2)c1. The van der Waals surface area contributed by atoms with E-state index in [1.54, 1.807) is 5.38 Å². The van der Waals surface area contributed by atoms with Gasteiger partial charge in [0.25, 0.3) is 5.91 Å². The molecule has 2 rings (SSSR count). The van der Waals surface area contributed by atoms with Crippen LogP contribution in [0.3, 0.4) is 0 Å². The topological polar surface area (TPSA) is 99.3 Å². The van der Waals surface area contributed by atoms with Crippen molar-refractivity contribution in [2.45, 2.75) is 6.54 Å². The molecule has 0 aliphatic heterocycles. The Balaban J connectivity index is 2.05. The number of nitrogens with one attached hydrogen (secondary N) is 2. The number of rotatable bonds is 4. The van der Waals surface area contributed by atoms with Crippen molar-refractivity contribution in [2.75, 3.05) is 0 Å². The molecule has 2 aromatic rings. The van der Waals surface area contributed by atoms with Crippen molar-refractivity contribution in [3.05, 3.63) is 56.1 Å². The highest BCUT2D eigenvalue weighted by Gasteiger charge is 2.09. The second-order valence-corrected chi connectivity index (χ2v) is 4.58. The number of carboxylic acid groups (broad SMARTS) is 1. The molecule has 0 unspecified atom stereocenters. The molecular weight excluding hydrogens is 268 g/mol. The van der Waals surface area contributed by atoms with Crippen LogP contribution in [0.2, 0.25) is 0 Å². The van der Waals surface area contributed by atoms with Crippen LogP contribution in [0.4, 0.5) is 0 Å². The van der Waals surface area contributed by atoms with Gasteiger partial charge in [-0.3, -0.25) is 9.59 Å². The molecule has 0 bridgehead atoms. The Labute approximate surface area is 111 Å². The summed E-state index contributed by atoms with van der Waals surface area (Å²) in [7, 11) is 0. The van der Waals surface area contributed by atoms with Crippen LogP contribution in [0, 0.1) is 0 Å². The van der Waals surface area contributed by atoms with Gasteiger partial charge < -0.3 is 15.4 Å². The smallest absolute Gasteiger partial charge is 0.335 e. The molecule has 0 aliphatic rings. The summed E-state index contributed by atoms with van der Waals surface area (Å²) in [6.45, 7) is 0.189. The number of carboxylic acids is 1. The van der Waals surface area contributed by atoms with Gasteiger partial charge >= 0.3 is 10.8 Å². The molecule has 0 saturated heterocycles. The zero-order valence-electron chi connectivity index (χ0n) is 9.67. The summed E-state index contributed by atoms with van der Waals surface area (Å²) in [4.78, 5) is 35.9. The summed E-state index contributed by atoms with van der Waals surface area (Å²) in [5.74, 6) is -1.48. The van der Waals surface area contributed by atoms with E-state index in [4.69, 9.17) is 5.11 Å². The first kappa shape index (κ1) is 13.0. The molecular formula is C12H10N2O4S. The first-order valence-electron chi connectivity index (χ1n) is 5.34. The predicted octanol–water partition coefficient (Wildman–Crippen LogP) is 1.06. The normalized spacial score (nSPS) is 10.1. The Hall–Kier alpha value is -2.41. The lowest BCUT2D eigenvalue weighted by atomic mass is 10.1. The maximum absolute atomic E-state index is 11.8. The van der Waals surface area contributed by atoms with Crippen molar-refractivity contribution in [1.82, 2.24) is 10.3 Å². The number of aromatic carboxylic acids is 1. The van der Waals surface area contributed by atoms with Crippen molar-refractivity contribution in [3.63, 3.8) is 0 Å². The van der Waals surface area contributed by atoms with E-state index >= 15 is 0 Å². The molecule has 1 heterocycles. The molecule has 19 heavy (non-hydrogen) atoms. The number of aromatic nitrogens is 1. The third-order valence-corrected chi connectivity index (χ3v) is 3.10. The summed E-state index contributed by atoms with van der Waals surface area (Å²) < 4.78 is 0. The molecule has 3 N–H and O–H groups in total. The van der Waals surface area contributed by atoms with Crippen molar-refractivity contribution in [3.8, 4) is 0 Å². The van der Waals surface area contributed by atoms with Gasteiger partial charge in [-0.05, 0) is 18.2 Å². The summed E-state index contributed by atoms with van der Waals surface area (Å²) in [5.41, 5.74) is 0.923. The highest BCUT2D eigenvalue weighted by Crippen LogP contribution is 2.05. The fourth-order valence-corrected chi connectivity index (χ4v) is 2.05. The Kier molecular flexibility index (Phi) is 3.76. The molecule has 0 spiro atoms. The number of H-pyrrole nitrogens is 1. The number of hydrogen-bond donors (Lipinski definition) is 3. The van der Waals surface area contributed by atoms with Gasteiger partial charge in [-0.25, -0.2) is 4.79 Å². The van der Waals surface area contributed by atoms with Crippen LogP contribution in [0.5, 0.6) is 0 Å². The van der Waals surface area contributed by atoms with Crippen LogP contribution >= 0.6 is 11.3 Å². The summed E-state index contributed by atoms with van der Waals surface area (Å²) >= 11 is 1.02. The number of aromatic amines is 1. The zero-order chi connectivity index (χ0) is 13.8. The van der Waals surface area contributed by atoms with Gasteiger partial charge in [0.2, 0.25) is 0 Å². The van der Waals surface area contributed by atoms with Crippen LogP contribution in [0.25, 0.3) is 0 Å². The number of benzene rings is 1. The van der Waals surface area contributed by atoms with E-state index in [9.17, 15) is 14.4 Å². The molecule has 7 heteroatoms. The van der Waals surface area contributed by atoms with Crippen LogP contribution < -0.4 is 10.2 Å². The van der Waals surface area contributed by atoms with E-state index in [1.807, 2.05) is 0 Å². The van der Waals surface area contributed by atoms with Crippen LogP contribution in [0.15, 0.2) is 34.4 Å². The van der Waals surface area contributed by atoms with Gasteiger partial charge in [0.05, 0.1) is 12.1 Å². The molecule has 0 aliphatic carbocycles. The largest absolute Gasteiger partial charge is 0.478 e. The average Bonchev–Trinajstić information content (AvgIpc) is 2.82. The first-order valence-corrected chi connectivity index (χ1v) is 6.22. The van der Waals surface area contributed by atoms with Crippen molar-refractivity contribution in [1.29, 1.82) is 0 Å². The molecule has 6 nitrogen and oxygen atoms in total. The van der Waals surface area contributed by atoms with E-state index in [0.717, 1.165) is 11.3 Å². The maximum Gasteiger partial charge on any atom is 0.335 e. The first-order chi connectivity index (χ1) is 9.06. The Morgan fingerprint density at radius 3 is 2.68 bits per heavy atom. The molecule has 0 saturated carbocycles. The standard InChI is InChI=1S/C12H10N2O4S/c15-10(13-5-9-6-19-12(18)14-9)7-2-1-3-8(4-7)11(16)17/h1-4,6H,5H2,(H,13,15)(H,14,18)(H,16,17). The number of hydrogen-bond acceptors (Lipinski definition) is 4. The van der Waals surface area contributed by atoms with Crippen LogP contribution in [-0.4, -0.2) is 22.0 Å². The summed E-state index contributed by atoms with van der Waals surface area (Å²) in [6.07, 6.45) is 0. The van der Waals surface area contributed by atoms with Gasteiger partial charge in [-0.15, -0.1) is 0 Å². The number of thiazole rings is 1. The Bertz CT molecular complexity index is 674.